The number of nitrogens with two attached hydrogens (primary N) is 2. The summed E-state index contributed by atoms with van der Waals surface area (Å²) in [7, 11) is 0. The molecule has 4 rings (SSSR count). The van der Waals surface area contributed by atoms with E-state index in [1.165, 1.54) is 43.2 Å². The fourth-order valence-electron chi connectivity index (χ4n) is 5.10. The molecule has 0 unspecified atom stereocenters. The summed E-state index contributed by atoms with van der Waals surface area (Å²) in [6.07, 6.45) is 8.41. The topological polar surface area (TPSA) is 70.5 Å². The van der Waals surface area contributed by atoms with Gasteiger partial charge in [0.05, 0.1) is 0 Å². The van der Waals surface area contributed by atoms with Gasteiger partial charge < -0.3 is 20.9 Å². The van der Waals surface area contributed by atoms with Crippen molar-refractivity contribution in [3.05, 3.63) is 108 Å². The van der Waals surface area contributed by atoms with Gasteiger partial charge in [0.25, 0.3) is 0 Å². The van der Waals surface area contributed by atoms with Crippen molar-refractivity contribution in [2.24, 2.45) is 0 Å². The Kier molecular flexibility index (Phi) is 9.31. The van der Waals surface area contributed by atoms with Crippen molar-refractivity contribution >= 4 is 11.4 Å². The Morgan fingerprint density at radius 1 is 0.500 bits per heavy atom. The van der Waals surface area contributed by atoms with E-state index in [0.717, 1.165) is 47.2 Å². The van der Waals surface area contributed by atoms with E-state index in [2.05, 4.69) is 62.4 Å². The lowest BCUT2D eigenvalue weighted by Crippen LogP contribution is -2.27. The van der Waals surface area contributed by atoms with Gasteiger partial charge in [-0.1, -0.05) is 70.2 Å². The Morgan fingerprint density at radius 3 is 1.24 bits per heavy atom. The summed E-state index contributed by atoms with van der Waals surface area (Å²) in [5.41, 5.74) is 15.6. The molecule has 0 atom stereocenters. The van der Waals surface area contributed by atoms with Gasteiger partial charge in [-0.2, -0.15) is 0 Å². The van der Waals surface area contributed by atoms with Gasteiger partial charge in [0.2, 0.25) is 0 Å². The van der Waals surface area contributed by atoms with Crippen molar-refractivity contribution in [2.45, 2.75) is 64.2 Å². The summed E-state index contributed by atoms with van der Waals surface area (Å²) in [4.78, 5) is 0. The molecule has 0 saturated carbocycles. The number of anilines is 2. The number of hydrogen-bond donors (Lipinski definition) is 2. The predicted molar refractivity (Wildman–Crippen MR) is 159 cm³/mol. The molecule has 0 aliphatic heterocycles. The number of ether oxygens (including phenoxy) is 2. The first-order chi connectivity index (χ1) is 18.5. The summed E-state index contributed by atoms with van der Waals surface area (Å²) < 4.78 is 12.1. The van der Waals surface area contributed by atoms with Gasteiger partial charge >= 0.3 is 0 Å². The minimum absolute atomic E-state index is 0.0777. The van der Waals surface area contributed by atoms with Crippen LogP contribution in [0.4, 0.5) is 11.4 Å². The average Bonchev–Trinajstić information content (AvgIpc) is 2.95. The predicted octanol–water partition coefficient (Wildman–Crippen LogP) is 9.49. The quantitative estimate of drug-likeness (QED) is 0.139. The molecular formula is C34H40N2O2. The molecule has 0 bridgehead atoms. The molecule has 38 heavy (non-hydrogen) atoms. The first-order valence-electron chi connectivity index (χ1n) is 13.8. The molecule has 0 spiro atoms. The fraction of sp³-hybridized carbons (Fsp3) is 0.294. The summed E-state index contributed by atoms with van der Waals surface area (Å²) in [6, 6.07) is 32.2. The lowest BCUT2D eigenvalue weighted by atomic mass is 9.69. The van der Waals surface area contributed by atoms with Crippen molar-refractivity contribution in [1.82, 2.24) is 0 Å². The molecule has 4 aromatic rings. The monoisotopic (exact) mass is 508 g/mol. The van der Waals surface area contributed by atoms with E-state index in [9.17, 15) is 0 Å². The fourth-order valence-corrected chi connectivity index (χ4v) is 5.10. The standard InChI is InChI=1S/C34H40N2O2/c1-3-5-6-7-8-25-34(4-2,26-9-17-30(18-10-26)37-32-21-13-28(35)14-22-32)27-11-19-31(20-12-27)38-33-23-15-29(36)16-24-33/h9-24H,3-8,25,35-36H2,1-2H3. The zero-order valence-electron chi connectivity index (χ0n) is 22.7. The summed E-state index contributed by atoms with van der Waals surface area (Å²) in [6.45, 7) is 4.56. The number of benzene rings is 4. The van der Waals surface area contributed by atoms with Crippen LogP contribution in [-0.2, 0) is 5.41 Å². The Morgan fingerprint density at radius 2 is 0.868 bits per heavy atom. The maximum Gasteiger partial charge on any atom is 0.127 e. The third kappa shape index (κ3) is 6.89. The Hall–Kier alpha value is -3.92. The third-order valence-corrected chi connectivity index (χ3v) is 7.36. The first kappa shape index (κ1) is 27.1. The largest absolute Gasteiger partial charge is 0.457 e. The molecule has 4 N–H and O–H groups in total. The van der Waals surface area contributed by atoms with Gasteiger partial charge in [-0.15, -0.1) is 0 Å². The normalized spacial score (nSPS) is 11.3. The van der Waals surface area contributed by atoms with E-state index in [1.54, 1.807) is 0 Å². The highest BCUT2D eigenvalue weighted by Gasteiger charge is 2.32. The van der Waals surface area contributed by atoms with Crippen LogP contribution in [0.2, 0.25) is 0 Å². The zero-order valence-corrected chi connectivity index (χ0v) is 22.7. The molecular weight excluding hydrogens is 468 g/mol. The van der Waals surface area contributed by atoms with Gasteiger partial charge in [0, 0.05) is 16.8 Å². The molecule has 0 aliphatic rings. The molecule has 0 radical (unpaired) electrons. The zero-order chi connectivity index (χ0) is 26.8. The van der Waals surface area contributed by atoms with E-state index < -0.39 is 0 Å². The van der Waals surface area contributed by atoms with E-state index in [-0.39, 0.29) is 5.41 Å². The van der Waals surface area contributed by atoms with Crippen LogP contribution in [0.5, 0.6) is 23.0 Å². The number of unbranched alkanes of at least 4 members (excludes halogenated alkanes) is 4. The average molecular weight is 509 g/mol. The Balaban J connectivity index is 1.57. The molecule has 198 valence electrons. The first-order valence-corrected chi connectivity index (χ1v) is 13.8. The van der Waals surface area contributed by atoms with E-state index in [0.29, 0.717) is 0 Å². The maximum absolute atomic E-state index is 6.07. The van der Waals surface area contributed by atoms with E-state index >= 15 is 0 Å². The van der Waals surface area contributed by atoms with E-state index in [1.807, 2.05) is 48.5 Å². The second-order valence-corrected chi connectivity index (χ2v) is 9.99. The molecule has 0 fully saturated rings. The van der Waals surface area contributed by atoms with Crippen LogP contribution >= 0.6 is 0 Å². The molecule has 4 heteroatoms. The summed E-state index contributed by atoms with van der Waals surface area (Å²) >= 11 is 0. The maximum atomic E-state index is 6.07. The Bertz CT molecular complexity index is 1160. The van der Waals surface area contributed by atoms with Crippen LogP contribution in [0, 0.1) is 0 Å². The molecule has 0 saturated heterocycles. The molecule has 0 aliphatic carbocycles. The minimum atomic E-state index is -0.0777. The van der Waals surface area contributed by atoms with Gasteiger partial charge in [-0.3, -0.25) is 0 Å². The van der Waals surface area contributed by atoms with Crippen molar-refractivity contribution in [3.63, 3.8) is 0 Å². The van der Waals surface area contributed by atoms with Crippen LogP contribution < -0.4 is 20.9 Å². The third-order valence-electron chi connectivity index (χ3n) is 7.36. The van der Waals surface area contributed by atoms with Crippen molar-refractivity contribution in [1.29, 1.82) is 0 Å². The second-order valence-electron chi connectivity index (χ2n) is 9.99. The molecule has 0 aromatic heterocycles. The number of hydrogen-bond acceptors (Lipinski definition) is 4. The lowest BCUT2D eigenvalue weighted by Gasteiger charge is -2.35. The van der Waals surface area contributed by atoms with Gasteiger partial charge in [0.15, 0.2) is 0 Å². The minimum Gasteiger partial charge on any atom is -0.457 e. The summed E-state index contributed by atoms with van der Waals surface area (Å²) in [5.74, 6) is 3.19. The molecule has 4 aromatic carbocycles. The lowest BCUT2D eigenvalue weighted by molar-refractivity contribution is 0.424. The summed E-state index contributed by atoms with van der Waals surface area (Å²) in [5, 5.41) is 0. The van der Waals surface area contributed by atoms with Crippen molar-refractivity contribution in [3.8, 4) is 23.0 Å². The smallest absolute Gasteiger partial charge is 0.127 e. The van der Waals surface area contributed by atoms with Crippen molar-refractivity contribution < 1.29 is 9.47 Å². The van der Waals surface area contributed by atoms with Crippen LogP contribution in [0.3, 0.4) is 0 Å². The van der Waals surface area contributed by atoms with Crippen LogP contribution in [-0.4, -0.2) is 0 Å². The number of rotatable bonds is 13. The van der Waals surface area contributed by atoms with Crippen LogP contribution in [0.1, 0.15) is 69.9 Å². The highest BCUT2D eigenvalue weighted by Crippen LogP contribution is 2.42. The molecule has 0 heterocycles. The Labute approximate surface area is 227 Å². The SMILES string of the molecule is CCCCCCCC(CC)(c1ccc(Oc2ccc(N)cc2)cc1)c1ccc(Oc2ccc(N)cc2)cc1. The van der Waals surface area contributed by atoms with Crippen LogP contribution in [0.15, 0.2) is 97.1 Å². The second kappa shape index (κ2) is 13.0. The molecule has 4 nitrogen and oxygen atoms in total. The van der Waals surface area contributed by atoms with Gasteiger partial charge in [0.1, 0.15) is 23.0 Å². The highest BCUT2D eigenvalue weighted by atomic mass is 16.5. The number of nitrogen functional groups attached to an aromatic ring is 2. The van der Waals surface area contributed by atoms with E-state index in [4.69, 9.17) is 20.9 Å². The van der Waals surface area contributed by atoms with Crippen molar-refractivity contribution in [2.75, 3.05) is 11.5 Å². The highest BCUT2D eigenvalue weighted by molar-refractivity contribution is 5.47. The van der Waals surface area contributed by atoms with Gasteiger partial charge in [-0.05, 0) is 96.8 Å². The molecule has 0 amide bonds. The van der Waals surface area contributed by atoms with Gasteiger partial charge in [-0.25, -0.2) is 0 Å². The van der Waals surface area contributed by atoms with Crippen LogP contribution in [0.25, 0.3) is 0 Å².